The van der Waals surface area contributed by atoms with Crippen molar-refractivity contribution < 1.29 is 0 Å². The summed E-state index contributed by atoms with van der Waals surface area (Å²) >= 11 is 1.88. The van der Waals surface area contributed by atoms with Crippen LogP contribution in [0.2, 0.25) is 0 Å². The van der Waals surface area contributed by atoms with Crippen LogP contribution in [0.25, 0.3) is 75.5 Å². The Balaban J connectivity index is 1.16. The molecule has 54 heavy (non-hydrogen) atoms. The Kier molecular flexibility index (Phi) is 8.09. The fourth-order valence-corrected chi connectivity index (χ4v) is 9.25. The Hall–Kier alpha value is -6.74. The van der Waals surface area contributed by atoms with E-state index in [1.807, 2.05) is 11.3 Å². The quantitative estimate of drug-likeness (QED) is 0.160. The molecule has 0 aliphatic carbocycles. The van der Waals surface area contributed by atoms with Crippen molar-refractivity contribution in [3.63, 3.8) is 0 Å². The number of anilines is 3. The van der Waals surface area contributed by atoms with Gasteiger partial charge in [-0.1, -0.05) is 182 Å². The number of thiophene rings is 1. The highest BCUT2D eigenvalue weighted by molar-refractivity contribution is 7.26. The second kappa shape index (κ2) is 13.7. The van der Waals surface area contributed by atoms with Crippen LogP contribution in [0.4, 0.5) is 17.1 Å². The molecule has 0 radical (unpaired) electrons. The molecule has 254 valence electrons. The van der Waals surface area contributed by atoms with Gasteiger partial charge in [0.15, 0.2) is 0 Å². The van der Waals surface area contributed by atoms with Gasteiger partial charge < -0.3 is 4.90 Å². The summed E-state index contributed by atoms with van der Waals surface area (Å²) in [5.41, 5.74) is 13.1. The number of benzene rings is 9. The van der Waals surface area contributed by atoms with Crippen molar-refractivity contribution in [2.75, 3.05) is 4.90 Å². The van der Waals surface area contributed by atoms with E-state index >= 15 is 0 Å². The molecule has 0 saturated heterocycles. The lowest BCUT2D eigenvalue weighted by molar-refractivity contribution is 1.30. The van der Waals surface area contributed by atoms with Crippen molar-refractivity contribution >= 4 is 59.3 Å². The zero-order chi connectivity index (χ0) is 35.8. The van der Waals surface area contributed by atoms with Crippen LogP contribution >= 0.6 is 11.3 Å². The van der Waals surface area contributed by atoms with Gasteiger partial charge in [0.05, 0.1) is 11.4 Å². The van der Waals surface area contributed by atoms with Gasteiger partial charge >= 0.3 is 0 Å². The third-order valence-electron chi connectivity index (χ3n) is 10.5. The van der Waals surface area contributed by atoms with Gasteiger partial charge in [0.25, 0.3) is 0 Å². The van der Waals surface area contributed by atoms with E-state index in [2.05, 4.69) is 217 Å². The maximum absolute atomic E-state index is 2.45. The van der Waals surface area contributed by atoms with Crippen molar-refractivity contribution in [1.82, 2.24) is 0 Å². The monoisotopic (exact) mass is 705 g/mol. The van der Waals surface area contributed by atoms with E-state index in [0.717, 1.165) is 17.1 Å². The maximum Gasteiger partial charge on any atom is 0.0540 e. The lowest BCUT2D eigenvalue weighted by Gasteiger charge is -2.29. The molecule has 0 aliphatic heterocycles. The SMILES string of the molecule is c1ccc(-c2ccccc2-c2ccccc2-c2ccccc2N(c2ccc(-c3cccc4c3sc3ccccc34)cc2)c2cccc3ccccc23)cc1. The molecule has 0 spiro atoms. The second-order valence-corrected chi connectivity index (χ2v) is 14.7. The van der Waals surface area contributed by atoms with Gasteiger partial charge in [-0.05, 0) is 74.7 Å². The molecule has 0 unspecified atom stereocenters. The minimum absolute atomic E-state index is 1.10. The number of rotatable bonds is 7. The molecule has 1 aromatic heterocycles. The molecule has 0 atom stereocenters. The first-order valence-electron chi connectivity index (χ1n) is 18.4. The summed E-state index contributed by atoms with van der Waals surface area (Å²) in [5, 5.41) is 5.05. The summed E-state index contributed by atoms with van der Waals surface area (Å²) in [6, 6.07) is 77.1. The molecule has 2 heteroatoms. The number of para-hydroxylation sites is 1. The summed E-state index contributed by atoms with van der Waals surface area (Å²) in [6.45, 7) is 0. The Morgan fingerprint density at radius 3 is 1.59 bits per heavy atom. The minimum Gasteiger partial charge on any atom is -0.309 e. The minimum atomic E-state index is 1.10. The van der Waals surface area contributed by atoms with Crippen LogP contribution in [-0.2, 0) is 0 Å². The van der Waals surface area contributed by atoms with E-state index < -0.39 is 0 Å². The van der Waals surface area contributed by atoms with E-state index in [9.17, 15) is 0 Å². The largest absolute Gasteiger partial charge is 0.309 e. The summed E-state index contributed by atoms with van der Waals surface area (Å²) in [5.74, 6) is 0. The predicted octanol–water partition coefficient (Wildman–Crippen LogP) is 15.3. The van der Waals surface area contributed by atoms with E-state index in [1.54, 1.807) is 0 Å². The maximum atomic E-state index is 2.45. The smallest absolute Gasteiger partial charge is 0.0540 e. The van der Waals surface area contributed by atoms with Crippen molar-refractivity contribution in [1.29, 1.82) is 0 Å². The number of fused-ring (bicyclic) bond motifs is 4. The highest BCUT2D eigenvalue weighted by Gasteiger charge is 2.22. The van der Waals surface area contributed by atoms with Crippen LogP contribution < -0.4 is 4.90 Å². The zero-order valence-electron chi connectivity index (χ0n) is 29.6. The van der Waals surface area contributed by atoms with Crippen LogP contribution in [0.3, 0.4) is 0 Å². The normalized spacial score (nSPS) is 11.3. The van der Waals surface area contributed by atoms with Crippen molar-refractivity contribution in [3.05, 3.63) is 212 Å². The second-order valence-electron chi connectivity index (χ2n) is 13.6. The summed E-state index contributed by atoms with van der Waals surface area (Å²) in [7, 11) is 0. The molecule has 1 heterocycles. The average molecular weight is 706 g/mol. The van der Waals surface area contributed by atoms with Gasteiger partial charge in [-0.25, -0.2) is 0 Å². The van der Waals surface area contributed by atoms with Gasteiger partial charge in [0.2, 0.25) is 0 Å². The van der Waals surface area contributed by atoms with E-state index in [-0.39, 0.29) is 0 Å². The molecule has 0 amide bonds. The summed E-state index contributed by atoms with van der Waals surface area (Å²) in [6.07, 6.45) is 0. The Bertz CT molecular complexity index is 2930. The molecule has 10 aromatic rings. The van der Waals surface area contributed by atoms with E-state index in [4.69, 9.17) is 0 Å². The van der Waals surface area contributed by atoms with E-state index in [1.165, 1.54) is 75.5 Å². The van der Waals surface area contributed by atoms with Gasteiger partial charge in [0.1, 0.15) is 0 Å². The van der Waals surface area contributed by atoms with Crippen LogP contribution in [0.5, 0.6) is 0 Å². The van der Waals surface area contributed by atoms with Crippen LogP contribution in [0.15, 0.2) is 212 Å². The Labute approximate surface area is 319 Å². The highest BCUT2D eigenvalue weighted by atomic mass is 32.1. The molecule has 0 saturated carbocycles. The third-order valence-corrected chi connectivity index (χ3v) is 11.7. The topological polar surface area (TPSA) is 3.24 Å². The third kappa shape index (κ3) is 5.56. The van der Waals surface area contributed by atoms with E-state index in [0.29, 0.717) is 0 Å². The molecule has 1 nitrogen and oxygen atoms in total. The van der Waals surface area contributed by atoms with Gasteiger partial charge in [-0.15, -0.1) is 11.3 Å². The first kappa shape index (κ1) is 32.0. The number of nitrogens with zero attached hydrogens (tertiary/aromatic N) is 1. The zero-order valence-corrected chi connectivity index (χ0v) is 30.4. The molecule has 0 aliphatic rings. The van der Waals surface area contributed by atoms with Crippen molar-refractivity contribution in [2.24, 2.45) is 0 Å². The lowest BCUT2D eigenvalue weighted by atomic mass is 9.88. The molecule has 0 fully saturated rings. The fourth-order valence-electron chi connectivity index (χ4n) is 8.01. The van der Waals surface area contributed by atoms with Gasteiger partial charge in [-0.2, -0.15) is 0 Å². The fraction of sp³-hybridized carbons (Fsp3) is 0. The first-order valence-corrected chi connectivity index (χ1v) is 19.3. The van der Waals surface area contributed by atoms with Gasteiger partial charge in [-0.3, -0.25) is 0 Å². The number of hydrogen-bond donors (Lipinski definition) is 0. The standard InChI is InChI=1S/C52H35NS/c1-2-16-36(17-3-1)40-20-6-7-22-43(40)44-23-8-9-24-45(44)46-25-10-12-29-50(46)53(49-30-14-19-37-18-4-5-21-41(37)49)39-34-32-38(33-35-39)42-27-15-28-48-47-26-11-13-31-51(47)54-52(42)48/h1-35H. The summed E-state index contributed by atoms with van der Waals surface area (Å²) in [4.78, 5) is 2.45. The molecule has 9 aromatic carbocycles. The Morgan fingerprint density at radius 2 is 0.796 bits per heavy atom. The Morgan fingerprint density at radius 1 is 0.296 bits per heavy atom. The lowest BCUT2D eigenvalue weighted by Crippen LogP contribution is -2.12. The molecule has 10 rings (SSSR count). The van der Waals surface area contributed by atoms with Crippen LogP contribution in [0.1, 0.15) is 0 Å². The average Bonchev–Trinajstić information content (AvgIpc) is 3.64. The van der Waals surface area contributed by atoms with Crippen LogP contribution in [0, 0.1) is 0 Å². The molecule has 0 N–H and O–H groups in total. The van der Waals surface area contributed by atoms with Crippen molar-refractivity contribution in [3.8, 4) is 44.5 Å². The molecular weight excluding hydrogens is 671 g/mol. The first-order chi connectivity index (χ1) is 26.8. The highest BCUT2D eigenvalue weighted by Crippen LogP contribution is 2.47. The number of hydrogen-bond acceptors (Lipinski definition) is 2. The predicted molar refractivity (Wildman–Crippen MR) is 233 cm³/mol. The van der Waals surface area contributed by atoms with Crippen molar-refractivity contribution in [2.45, 2.75) is 0 Å². The molecule has 0 bridgehead atoms. The van der Waals surface area contributed by atoms with Crippen LogP contribution in [-0.4, -0.2) is 0 Å². The summed E-state index contributed by atoms with van der Waals surface area (Å²) < 4.78 is 2.65. The van der Waals surface area contributed by atoms with Gasteiger partial charge in [0, 0.05) is 36.8 Å². The molecular formula is C52H35NS.